The molecule has 0 aliphatic carbocycles. The minimum Gasteiger partial charge on any atom is -0.494 e. The van der Waals surface area contributed by atoms with Crippen molar-refractivity contribution in [1.82, 2.24) is 10.2 Å². The third-order valence-electron chi connectivity index (χ3n) is 3.31. The highest BCUT2D eigenvalue weighted by Crippen LogP contribution is 2.19. The molecule has 6 nitrogen and oxygen atoms in total. The first kappa shape index (κ1) is 14.8. The molecule has 0 atom stereocenters. The summed E-state index contributed by atoms with van der Waals surface area (Å²) in [6, 6.07) is 13.9. The van der Waals surface area contributed by atoms with Crippen molar-refractivity contribution in [1.29, 1.82) is 0 Å². The summed E-state index contributed by atoms with van der Waals surface area (Å²) in [5.41, 5.74) is 0.440. The third kappa shape index (κ3) is 3.06. The molecule has 2 aromatic carbocycles. The zero-order valence-electron chi connectivity index (χ0n) is 12.5. The van der Waals surface area contributed by atoms with Crippen molar-refractivity contribution in [2.24, 2.45) is 0 Å². The molecule has 3 aromatic rings. The van der Waals surface area contributed by atoms with Crippen molar-refractivity contribution in [2.75, 3.05) is 11.9 Å². The van der Waals surface area contributed by atoms with Crippen LogP contribution < -0.4 is 15.6 Å². The first-order valence-electron chi connectivity index (χ1n) is 7.20. The van der Waals surface area contributed by atoms with E-state index in [-0.39, 0.29) is 11.3 Å². The maximum atomic E-state index is 12.5. The highest BCUT2D eigenvalue weighted by Gasteiger charge is 2.14. The fraction of sp³-hybridized carbons (Fsp3) is 0.118. The van der Waals surface area contributed by atoms with Crippen LogP contribution in [0.15, 0.2) is 53.3 Å². The summed E-state index contributed by atoms with van der Waals surface area (Å²) in [6.45, 7) is 2.44. The normalized spacial score (nSPS) is 10.5. The molecular weight excluding hydrogens is 294 g/mol. The van der Waals surface area contributed by atoms with Crippen LogP contribution in [0.3, 0.4) is 0 Å². The number of benzene rings is 2. The van der Waals surface area contributed by atoms with E-state index in [0.717, 1.165) is 0 Å². The van der Waals surface area contributed by atoms with E-state index in [2.05, 4.69) is 15.5 Å². The number of hydrogen-bond donors (Lipinski definition) is 2. The van der Waals surface area contributed by atoms with Gasteiger partial charge in [-0.15, -0.1) is 0 Å². The van der Waals surface area contributed by atoms with Gasteiger partial charge in [0.2, 0.25) is 0 Å². The van der Waals surface area contributed by atoms with E-state index in [1.807, 2.05) is 13.0 Å². The van der Waals surface area contributed by atoms with E-state index in [9.17, 15) is 9.59 Å². The number of ether oxygens (including phenoxy) is 1. The average molecular weight is 309 g/mol. The molecule has 3 rings (SSSR count). The molecule has 0 saturated heterocycles. The smallest absolute Gasteiger partial charge is 0.276 e. The quantitative estimate of drug-likeness (QED) is 0.776. The monoisotopic (exact) mass is 309 g/mol. The minimum atomic E-state index is -0.397. The Balaban J connectivity index is 1.94. The number of H-pyrrole nitrogens is 1. The average Bonchev–Trinajstić information content (AvgIpc) is 2.56. The lowest BCUT2D eigenvalue weighted by atomic mass is 10.1. The Morgan fingerprint density at radius 2 is 1.96 bits per heavy atom. The predicted octanol–water partition coefficient (Wildman–Crippen LogP) is 2.57. The molecule has 1 aromatic heterocycles. The highest BCUT2D eigenvalue weighted by atomic mass is 16.5. The van der Waals surface area contributed by atoms with Crippen LogP contribution in [0.1, 0.15) is 17.4 Å². The molecule has 0 unspecified atom stereocenters. The van der Waals surface area contributed by atoms with Gasteiger partial charge in [0.1, 0.15) is 5.75 Å². The Labute approximate surface area is 132 Å². The van der Waals surface area contributed by atoms with Crippen LogP contribution in [0.2, 0.25) is 0 Å². The Hall–Kier alpha value is -3.15. The van der Waals surface area contributed by atoms with Gasteiger partial charge in [-0.25, -0.2) is 5.10 Å². The molecule has 0 radical (unpaired) electrons. The number of fused-ring (bicyclic) bond motifs is 1. The Kier molecular flexibility index (Phi) is 4.05. The van der Waals surface area contributed by atoms with Gasteiger partial charge in [-0.1, -0.05) is 24.3 Å². The Bertz CT molecular complexity index is 918. The van der Waals surface area contributed by atoms with Crippen LogP contribution in [0.25, 0.3) is 10.8 Å². The number of nitrogens with zero attached hydrogens (tertiary/aromatic N) is 1. The number of rotatable bonds is 4. The van der Waals surface area contributed by atoms with Gasteiger partial charge in [0.15, 0.2) is 5.69 Å². The first-order chi connectivity index (χ1) is 11.2. The van der Waals surface area contributed by atoms with Crippen molar-refractivity contribution in [3.63, 3.8) is 0 Å². The van der Waals surface area contributed by atoms with Crippen molar-refractivity contribution in [3.8, 4) is 5.75 Å². The van der Waals surface area contributed by atoms with Gasteiger partial charge in [0.05, 0.1) is 12.0 Å². The zero-order valence-corrected chi connectivity index (χ0v) is 12.5. The van der Waals surface area contributed by atoms with Gasteiger partial charge in [-0.2, -0.15) is 5.10 Å². The number of hydrogen-bond acceptors (Lipinski definition) is 4. The number of amides is 1. The van der Waals surface area contributed by atoms with Gasteiger partial charge in [-0.3, -0.25) is 9.59 Å². The molecule has 0 spiro atoms. The van der Waals surface area contributed by atoms with Gasteiger partial charge in [-0.05, 0) is 25.1 Å². The fourth-order valence-corrected chi connectivity index (χ4v) is 2.31. The van der Waals surface area contributed by atoms with Crippen LogP contribution in [0.4, 0.5) is 5.69 Å². The molecule has 6 heteroatoms. The molecule has 0 bridgehead atoms. The maximum absolute atomic E-state index is 12.5. The number of carbonyl (C=O) groups is 1. The van der Waals surface area contributed by atoms with Crippen molar-refractivity contribution >= 4 is 22.4 Å². The molecule has 0 aliphatic rings. The van der Waals surface area contributed by atoms with Crippen molar-refractivity contribution < 1.29 is 9.53 Å². The molecule has 2 N–H and O–H groups in total. The summed E-state index contributed by atoms with van der Waals surface area (Å²) in [5, 5.41) is 9.93. The highest BCUT2D eigenvalue weighted by molar-refractivity contribution is 6.11. The van der Waals surface area contributed by atoms with Crippen molar-refractivity contribution in [3.05, 3.63) is 64.6 Å². The van der Waals surface area contributed by atoms with E-state index >= 15 is 0 Å². The fourth-order valence-electron chi connectivity index (χ4n) is 2.31. The molecular formula is C17H15N3O3. The molecule has 1 heterocycles. The lowest BCUT2D eigenvalue weighted by Gasteiger charge is -2.08. The van der Waals surface area contributed by atoms with Gasteiger partial charge in [0.25, 0.3) is 11.5 Å². The zero-order chi connectivity index (χ0) is 16.2. The summed E-state index contributed by atoms with van der Waals surface area (Å²) in [7, 11) is 0. The third-order valence-corrected chi connectivity index (χ3v) is 3.31. The summed E-state index contributed by atoms with van der Waals surface area (Å²) in [5.74, 6) is 0.274. The number of anilines is 1. The van der Waals surface area contributed by atoms with Gasteiger partial charge in [0, 0.05) is 17.1 Å². The van der Waals surface area contributed by atoms with Gasteiger partial charge < -0.3 is 10.1 Å². The molecule has 1 amide bonds. The number of nitrogens with one attached hydrogen (secondary N) is 2. The Morgan fingerprint density at radius 1 is 1.17 bits per heavy atom. The number of aromatic nitrogens is 2. The van der Waals surface area contributed by atoms with E-state index in [1.54, 1.807) is 42.5 Å². The van der Waals surface area contributed by atoms with E-state index in [1.165, 1.54) is 0 Å². The predicted molar refractivity (Wildman–Crippen MR) is 87.9 cm³/mol. The summed E-state index contributed by atoms with van der Waals surface area (Å²) >= 11 is 0. The number of aromatic amines is 1. The lowest BCUT2D eigenvalue weighted by molar-refractivity contribution is 0.102. The molecule has 0 fully saturated rings. The second-order valence-corrected chi connectivity index (χ2v) is 4.86. The van der Waals surface area contributed by atoms with Crippen LogP contribution in [0.5, 0.6) is 5.75 Å². The summed E-state index contributed by atoms with van der Waals surface area (Å²) in [4.78, 5) is 24.2. The minimum absolute atomic E-state index is 0.169. The van der Waals surface area contributed by atoms with Crippen LogP contribution in [-0.4, -0.2) is 22.7 Å². The molecule has 23 heavy (non-hydrogen) atoms. The Morgan fingerprint density at radius 3 is 2.74 bits per heavy atom. The summed E-state index contributed by atoms with van der Waals surface area (Å²) in [6.07, 6.45) is 0. The number of carbonyl (C=O) groups excluding carboxylic acids is 1. The lowest BCUT2D eigenvalue weighted by Crippen LogP contribution is -2.19. The second-order valence-electron chi connectivity index (χ2n) is 4.86. The van der Waals surface area contributed by atoms with Crippen LogP contribution in [-0.2, 0) is 0 Å². The molecule has 116 valence electrons. The molecule has 0 saturated carbocycles. The van der Waals surface area contributed by atoms with Gasteiger partial charge >= 0.3 is 0 Å². The van der Waals surface area contributed by atoms with E-state index in [4.69, 9.17) is 4.74 Å². The van der Waals surface area contributed by atoms with E-state index in [0.29, 0.717) is 28.8 Å². The topological polar surface area (TPSA) is 84.1 Å². The second kappa shape index (κ2) is 6.31. The van der Waals surface area contributed by atoms with Crippen LogP contribution in [0, 0.1) is 0 Å². The first-order valence-corrected chi connectivity index (χ1v) is 7.20. The summed E-state index contributed by atoms with van der Waals surface area (Å²) < 4.78 is 5.41. The van der Waals surface area contributed by atoms with Crippen LogP contribution >= 0.6 is 0 Å². The van der Waals surface area contributed by atoms with Crippen molar-refractivity contribution in [2.45, 2.75) is 6.92 Å². The SMILES string of the molecule is CCOc1cccc(NC(=O)c2n[nH]c(=O)c3ccccc23)c1. The standard InChI is InChI=1S/C17H15N3O3/c1-2-23-12-7-5-6-11(10-12)18-17(22)15-13-8-3-4-9-14(13)16(21)20-19-15/h3-10H,2H2,1H3,(H,18,22)(H,20,21). The largest absolute Gasteiger partial charge is 0.494 e. The molecule has 0 aliphatic heterocycles. The van der Waals surface area contributed by atoms with E-state index < -0.39 is 5.91 Å². The maximum Gasteiger partial charge on any atom is 0.276 e.